The Hall–Kier alpha value is -6.06. The largest absolute Gasteiger partial charge is 0.455 e. The van der Waals surface area contributed by atoms with Gasteiger partial charge < -0.3 is 4.42 Å². The first-order valence-electron chi connectivity index (χ1n) is 15.2. The van der Waals surface area contributed by atoms with Gasteiger partial charge in [-0.05, 0) is 45.5 Å². The second kappa shape index (κ2) is 10.3. The number of hydrogen-bond donors (Lipinski definition) is 0. The van der Waals surface area contributed by atoms with Crippen molar-refractivity contribution >= 4 is 43.5 Å². The highest BCUT2D eigenvalue weighted by molar-refractivity contribution is 6.18. The molecule has 0 aliphatic carbocycles. The van der Waals surface area contributed by atoms with Crippen molar-refractivity contribution in [2.75, 3.05) is 0 Å². The van der Waals surface area contributed by atoms with Crippen molar-refractivity contribution in [1.29, 1.82) is 0 Å². The molecule has 2 heterocycles. The lowest BCUT2D eigenvalue weighted by molar-refractivity contribution is 0.672. The van der Waals surface area contributed by atoms with Crippen LogP contribution in [0, 0.1) is 0 Å². The molecule has 0 unspecified atom stereocenters. The molecule has 0 N–H and O–H groups in total. The van der Waals surface area contributed by atoms with Crippen molar-refractivity contribution in [3.63, 3.8) is 0 Å². The van der Waals surface area contributed by atoms with E-state index < -0.39 is 0 Å². The average molecular weight is 575 g/mol. The molecule has 9 rings (SSSR count). The first-order valence-corrected chi connectivity index (χ1v) is 15.2. The molecule has 0 fully saturated rings. The minimum atomic E-state index is 0.672. The Bertz CT molecular complexity index is 2520. The van der Waals surface area contributed by atoms with Crippen LogP contribution in [0.15, 0.2) is 162 Å². The maximum atomic E-state index is 6.49. The summed E-state index contributed by atoms with van der Waals surface area (Å²) in [6.45, 7) is 0. The van der Waals surface area contributed by atoms with Crippen LogP contribution in [0.25, 0.3) is 88.5 Å². The SMILES string of the molecule is c1ccc(-c2cc(-c3ccc(-c4cccc5ccccc45)cc3)nc(-c3cccc4oc5c6ccccc6ccc5c34)n2)cc1. The predicted molar refractivity (Wildman–Crippen MR) is 186 cm³/mol. The molecule has 3 heteroatoms. The maximum absolute atomic E-state index is 6.49. The van der Waals surface area contributed by atoms with Gasteiger partial charge in [-0.15, -0.1) is 0 Å². The molecule has 210 valence electrons. The molecule has 45 heavy (non-hydrogen) atoms. The topological polar surface area (TPSA) is 38.9 Å². The number of benzene rings is 7. The minimum absolute atomic E-state index is 0.672. The smallest absolute Gasteiger partial charge is 0.161 e. The van der Waals surface area contributed by atoms with Crippen LogP contribution in [-0.4, -0.2) is 9.97 Å². The van der Waals surface area contributed by atoms with Crippen LogP contribution in [0.1, 0.15) is 0 Å². The highest BCUT2D eigenvalue weighted by Crippen LogP contribution is 2.40. The highest BCUT2D eigenvalue weighted by Gasteiger charge is 2.18. The predicted octanol–water partition coefficient (Wildman–Crippen LogP) is 11.4. The standard InChI is InChI=1S/C42H26N2O/c1-2-12-30(13-3-1)37-26-38(31-22-20-29(21-23-31)33-17-8-14-27-10-4-6-15-32(27)33)44-42(43-37)36-18-9-19-39-40(36)35-25-24-28-11-5-7-16-34(28)41(35)45-39/h1-26H. The Morgan fingerprint density at radius 3 is 1.80 bits per heavy atom. The van der Waals surface area contributed by atoms with E-state index in [0.29, 0.717) is 5.82 Å². The molecule has 2 aromatic heterocycles. The lowest BCUT2D eigenvalue weighted by Crippen LogP contribution is -1.96. The third kappa shape index (κ3) is 4.29. The highest BCUT2D eigenvalue weighted by atomic mass is 16.3. The summed E-state index contributed by atoms with van der Waals surface area (Å²) in [6, 6.07) is 54.9. The van der Waals surface area contributed by atoms with Gasteiger partial charge in [0.1, 0.15) is 11.2 Å². The average Bonchev–Trinajstić information content (AvgIpc) is 3.51. The van der Waals surface area contributed by atoms with Crippen LogP contribution in [0.5, 0.6) is 0 Å². The van der Waals surface area contributed by atoms with E-state index in [0.717, 1.165) is 60.8 Å². The van der Waals surface area contributed by atoms with Gasteiger partial charge >= 0.3 is 0 Å². The summed E-state index contributed by atoms with van der Waals surface area (Å²) in [5.74, 6) is 0.672. The number of furan rings is 1. The normalized spacial score (nSPS) is 11.6. The van der Waals surface area contributed by atoms with Crippen molar-refractivity contribution in [3.05, 3.63) is 158 Å². The quantitative estimate of drug-likeness (QED) is 0.210. The van der Waals surface area contributed by atoms with Crippen molar-refractivity contribution in [1.82, 2.24) is 9.97 Å². The minimum Gasteiger partial charge on any atom is -0.455 e. The Labute approximate surface area is 260 Å². The summed E-state index contributed by atoms with van der Waals surface area (Å²) in [5, 5.41) is 6.83. The first kappa shape index (κ1) is 25.4. The Morgan fingerprint density at radius 2 is 1.00 bits per heavy atom. The molecule has 0 spiro atoms. The van der Waals surface area contributed by atoms with Crippen molar-refractivity contribution < 1.29 is 4.42 Å². The molecule has 0 aliphatic rings. The van der Waals surface area contributed by atoms with Gasteiger partial charge in [0.2, 0.25) is 0 Å². The Morgan fingerprint density at radius 1 is 0.400 bits per heavy atom. The van der Waals surface area contributed by atoms with Crippen LogP contribution >= 0.6 is 0 Å². The van der Waals surface area contributed by atoms with Crippen LogP contribution in [0.3, 0.4) is 0 Å². The van der Waals surface area contributed by atoms with E-state index in [1.54, 1.807) is 0 Å². The van der Waals surface area contributed by atoms with E-state index in [4.69, 9.17) is 14.4 Å². The van der Waals surface area contributed by atoms with Gasteiger partial charge in [0, 0.05) is 32.8 Å². The van der Waals surface area contributed by atoms with Gasteiger partial charge in [0.25, 0.3) is 0 Å². The molecular weight excluding hydrogens is 548 g/mol. The fourth-order valence-electron chi connectivity index (χ4n) is 6.51. The van der Waals surface area contributed by atoms with Crippen LogP contribution < -0.4 is 0 Å². The summed E-state index contributed by atoms with van der Waals surface area (Å²) in [7, 11) is 0. The van der Waals surface area contributed by atoms with Gasteiger partial charge in [0.15, 0.2) is 5.82 Å². The molecule has 0 bridgehead atoms. The molecule has 0 saturated carbocycles. The Kier molecular flexibility index (Phi) is 5.82. The van der Waals surface area contributed by atoms with Gasteiger partial charge in [-0.2, -0.15) is 0 Å². The van der Waals surface area contributed by atoms with E-state index in [1.807, 2.05) is 30.3 Å². The third-order valence-electron chi connectivity index (χ3n) is 8.71. The van der Waals surface area contributed by atoms with Crippen LogP contribution in [0.2, 0.25) is 0 Å². The van der Waals surface area contributed by atoms with E-state index in [1.165, 1.54) is 21.9 Å². The number of fused-ring (bicyclic) bond motifs is 6. The maximum Gasteiger partial charge on any atom is 0.161 e. The molecule has 0 saturated heterocycles. The van der Waals surface area contributed by atoms with E-state index in [9.17, 15) is 0 Å². The summed E-state index contributed by atoms with van der Waals surface area (Å²) in [4.78, 5) is 10.3. The van der Waals surface area contributed by atoms with Gasteiger partial charge in [-0.1, -0.05) is 140 Å². The Balaban J connectivity index is 1.23. The summed E-state index contributed by atoms with van der Waals surface area (Å²) in [5.41, 5.74) is 8.90. The van der Waals surface area contributed by atoms with Crippen molar-refractivity contribution in [3.8, 4) is 45.0 Å². The number of hydrogen-bond acceptors (Lipinski definition) is 3. The molecule has 3 nitrogen and oxygen atoms in total. The van der Waals surface area contributed by atoms with Crippen molar-refractivity contribution in [2.45, 2.75) is 0 Å². The molecule has 0 aliphatic heterocycles. The lowest BCUT2D eigenvalue weighted by Gasteiger charge is -2.11. The molecular formula is C42H26N2O. The lowest BCUT2D eigenvalue weighted by atomic mass is 9.97. The zero-order valence-corrected chi connectivity index (χ0v) is 24.3. The summed E-state index contributed by atoms with van der Waals surface area (Å²) >= 11 is 0. The van der Waals surface area contributed by atoms with Gasteiger partial charge in [-0.3, -0.25) is 0 Å². The molecule has 0 radical (unpaired) electrons. The van der Waals surface area contributed by atoms with Crippen molar-refractivity contribution in [2.24, 2.45) is 0 Å². The number of aromatic nitrogens is 2. The van der Waals surface area contributed by atoms with Gasteiger partial charge in [-0.25, -0.2) is 9.97 Å². The molecule has 9 aromatic rings. The summed E-state index contributed by atoms with van der Waals surface area (Å²) < 4.78 is 6.49. The zero-order chi connectivity index (χ0) is 29.7. The van der Waals surface area contributed by atoms with Gasteiger partial charge in [0.05, 0.1) is 11.4 Å². The first-order chi connectivity index (χ1) is 22.3. The monoisotopic (exact) mass is 574 g/mol. The fourth-order valence-corrected chi connectivity index (χ4v) is 6.51. The van der Waals surface area contributed by atoms with E-state index >= 15 is 0 Å². The second-order valence-corrected chi connectivity index (χ2v) is 11.4. The van der Waals surface area contributed by atoms with E-state index in [2.05, 4.69) is 127 Å². The molecule has 0 atom stereocenters. The summed E-state index contributed by atoms with van der Waals surface area (Å²) in [6.07, 6.45) is 0. The molecule has 0 amide bonds. The number of rotatable bonds is 4. The van der Waals surface area contributed by atoms with Crippen LogP contribution in [-0.2, 0) is 0 Å². The van der Waals surface area contributed by atoms with E-state index in [-0.39, 0.29) is 0 Å². The third-order valence-corrected chi connectivity index (χ3v) is 8.71. The zero-order valence-electron chi connectivity index (χ0n) is 24.3. The molecule has 7 aromatic carbocycles. The fraction of sp³-hybridized carbons (Fsp3) is 0. The second-order valence-electron chi connectivity index (χ2n) is 11.4. The van der Waals surface area contributed by atoms with Crippen LogP contribution in [0.4, 0.5) is 0 Å². The number of nitrogens with zero attached hydrogens (tertiary/aromatic N) is 2.